The Morgan fingerprint density at radius 2 is 1.85 bits per heavy atom. The maximum Gasteiger partial charge on any atom is 0.505 e. The molecule has 0 aliphatic carbocycles. The van der Waals surface area contributed by atoms with Gasteiger partial charge in [0.05, 0.1) is 23.1 Å². The molecule has 106 valence electrons. The summed E-state index contributed by atoms with van der Waals surface area (Å²) in [7, 11) is -0.296. The highest BCUT2D eigenvalue weighted by molar-refractivity contribution is 7.21. The van der Waals surface area contributed by atoms with Gasteiger partial charge in [-0.25, -0.2) is 4.68 Å². The molecular weight excluding hydrogens is 271 g/mol. The van der Waals surface area contributed by atoms with Gasteiger partial charge in [0.2, 0.25) is 0 Å². The predicted molar refractivity (Wildman–Crippen MR) is 81.9 cm³/mol. The van der Waals surface area contributed by atoms with E-state index in [9.17, 15) is 0 Å². The molecule has 3 heterocycles. The number of thiophene rings is 1. The maximum absolute atomic E-state index is 6.06. The monoisotopic (exact) mass is 290 g/mol. The van der Waals surface area contributed by atoms with Gasteiger partial charge < -0.3 is 9.31 Å². The largest absolute Gasteiger partial charge is 0.505 e. The summed E-state index contributed by atoms with van der Waals surface area (Å²) >= 11 is 1.64. The first-order valence-electron chi connectivity index (χ1n) is 6.74. The molecule has 1 saturated heterocycles. The van der Waals surface area contributed by atoms with Crippen LogP contribution in [0.5, 0.6) is 0 Å². The summed E-state index contributed by atoms with van der Waals surface area (Å²) in [5, 5.41) is 6.40. The van der Waals surface area contributed by atoms with Crippen LogP contribution in [0.2, 0.25) is 0 Å². The molecule has 0 N–H and O–H groups in total. The molecule has 0 atom stereocenters. The van der Waals surface area contributed by atoms with Gasteiger partial charge in [0.15, 0.2) is 0 Å². The summed E-state index contributed by atoms with van der Waals surface area (Å²) < 4.78 is 15.1. The maximum atomic E-state index is 6.06. The topological polar surface area (TPSA) is 36.3 Å². The highest BCUT2D eigenvalue weighted by Crippen LogP contribution is 2.37. The van der Waals surface area contributed by atoms with E-state index in [4.69, 9.17) is 9.31 Å². The average Bonchev–Trinajstić information content (AvgIpc) is 2.98. The van der Waals surface area contributed by atoms with Crippen molar-refractivity contribution in [3.05, 3.63) is 29.4 Å². The van der Waals surface area contributed by atoms with Gasteiger partial charge >= 0.3 is 7.12 Å². The van der Waals surface area contributed by atoms with E-state index in [-0.39, 0.29) is 18.3 Å². The zero-order valence-corrected chi connectivity index (χ0v) is 13.3. The second-order valence-electron chi connectivity index (χ2n) is 6.26. The van der Waals surface area contributed by atoms with E-state index < -0.39 is 0 Å². The van der Waals surface area contributed by atoms with Gasteiger partial charge in [-0.05, 0) is 46.2 Å². The molecule has 0 unspecified atom stereocenters. The fraction of sp³-hybridized carbons (Fsp3) is 0.500. The lowest BCUT2D eigenvalue weighted by atomic mass is 9.88. The molecule has 0 aromatic carbocycles. The van der Waals surface area contributed by atoms with Crippen LogP contribution in [-0.4, -0.2) is 28.1 Å². The molecule has 1 fully saturated rings. The smallest absolute Gasteiger partial charge is 0.399 e. The van der Waals surface area contributed by atoms with Crippen LogP contribution >= 0.6 is 11.3 Å². The second kappa shape index (κ2) is 4.45. The minimum atomic E-state index is -0.301. The van der Waals surface area contributed by atoms with Gasteiger partial charge in [-0.1, -0.05) is 0 Å². The average molecular weight is 290 g/mol. The fourth-order valence-corrected chi connectivity index (χ4v) is 2.93. The summed E-state index contributed by atoms with van der Waals surface area (Å²) in [5.74, 6) is 0. The Kier molecular flexibility index (Phi) is 3.08. The Labute approximate surface area is 123 Å². The third-order valence-electron chi connectivity index (χ3n) is 4.07. The van der Waals surface area contributed by atoms with Gasteiger partial charge in [0.25, 0.3) is 0 Å². The van der Waals surface area contributed by atoms with Crippen LogP contribution in [0.25, 0.3) is 5.69 Å². The van der Waals surface area contributed by atoms with Crippen molar-refractivity contribution in [2.24, 2.45) is 0 Å². The summed E-state index contributed by atoms with van der Waals surface area (Å²) in [6, 6.07) is 2.08. The van der Waals surface area contributed by atoms with Crippen LogP contribution < -0.4 is 4.78 Å². The van der Waals surface area contributed by atoms with Crippen LogP contribution in [0.3, 0.4) is 0 Å². The molecule has 0 amide bonds. The lowest BCUT2D eigenvalue weighted by Gasteiger charge is -2.32. The Bertz CT molecular complexity index is 617. The Morgan fingerprint density at radius 3 is 2.40 bits per heavy atom. The van der Waals surface area contributed by atoms with E-state index >= 15 is 0 Å². The van der Waals surface area contributed by atoms with E-state index in [0.717, 1.165) is 16.0 Å². The van der Waals surface area contributed by atoms with Crippen molar-refractivity contribution in [1.29, 1.82) is 0 Å². The minimum absolute atomic E-state index is 0.296. The molecule has 3 rings (SSSR count). The van der Waals surface area contributed by atoms with Gasteiger partial charge in [0.1, 0.15) is 0 Å². The van der Waals surface area contributed by atoms with Crippen molar-refractivity contribution < 1.29 is 9.31 Å². The molecule has 1 aliphatic heterocycles. The Balaban J connectivity index is 1.85. The lowest BCUT2D eigenvalue weighted by molar-refractivity contribution is 0.00578. The molecule has 1 aliphatic rings. The fourth-order valence-electron chi connectivity index (χ4n) is 2.10. The molecule has 0 spiro atoms. The molecule has 2 aromatic heterocycles. The van der Waals surface area contributed by atoms with Gasteiger partial charge in [-0.3, -0.25) is 0 Å². The summed E-state index contributed by atoms with van der Waals surface area (Å²) in [5.41, 5.74) is 1.59. The quantitative estimate of drug-likeness (QED) is 0.797. The molecule has 20 heavy (non-hydrogen) atoms. The van der Waals surface area contributed by atoms with Crippen molar-refractivity contribution in [3.8, 4) is 5.69 Å². The van der Waals surface area contributed by atoms with Crippen molar-refractivity contribution >= 4 is 23.2 Å². The molecule has 2 aromatic rings. The number of hydrogen-bond donors (Lipinski definition) is 0. The van der Waals surface area contributed by atoms with Crippen LogP contribution in [0.15, 0.2) is 23.8 Å². The standard InChI is InChI=1S/C14H19BN2O2S/c1-10-7-16-17(8-10)11-6-12(20-9-11)15-18-13(2,3)14(4,5)19-15/h6-9H,1-5H3. The highest BCUT2D eigenvalue weighted by atomic mass is 32.1. The molecule has 0 bridgehead atoms. The third-order valence-corrected chi connectivity index (χ3v) is 5.01. The van der Waals surface area contributed by atoms with E-state index in [1.54, 1.807) is 11.3 Å². The summed E-state index contributed by atoms with van der Waals surface area (Å²) in [6.07, 6.45) is 3.86. The van der Waals surface area contributed by atoms with Crippen LogP contribution in [0, 0.1) is 6.92 Å². The van der Waals surface area contributed by atoms with E-state index in [1.165, 1.54) is 0 Å². The van der Waals surface area contributed by atoms with Crippen molar-refractivity contribution in [2.75, 3.05) is 0 Å². The first-order valence-corrected chi connectivity index (χ1v) is 7.62. The Morgan fingerprint density at radius 1 is 1.20 bits per heavy atom. The third kappa shape index (κ3) is 2.22. The number of nitrogens with zero attached hydrogens (tertiary/aromatic N) is 2. The van der Waals surface area contributed by atoms with E-state index in [1.807, 2.05) is 24.0 Å². The predicted octanol–water partition coefficient (Wildman–Crippen LogP) is 2.54. The molecule has 6 heteroatoms. The van der Waals surface area contributed by atoms with Gasteiger partial charge in [-0.15, -0.1) is 0 Å². The zero-order chi connectivity index (χ0) is 14.5. The first kappa shape index (κ1) is 13.9. The number of rotatable bonds is 2. The van der Waals surface area contributed by atoms with E-state index in [0.29, 0.717) is 0 Å². The molecular formula is C14H19BN2O2S. The number of hydrogen-bond acceptors (Lipinski definition) is 4. The highest BCUT2D eigenvalue weighted by Gasteiger charge is 2.52. The zero-order valence-electron chi connectivity index (χ0n) is 12.5. The number of aryl methyl sites for hydroxylation is 1. The van der Waals surface area contributed by atoms with Crippen molar-refractivity contribution in [2.45, 2.75) is 45.8 Å². The van der Waals surface area contributed by atoms with Crippen LogP contribution in [-0.2, 0) is 9.31 Å². The van der Waals surface area contributed by atoms with Crippen LogP contribution in [0.1, 0.15) is 33.3 Å². The molecule has 0 saturated carbocycles. The second-order valence-corrected chi connectivity index (χ2v) is 7.20. The van der Waals surface area contributed by atoms with Gasteiger partial charge in [-0.2, -0.15) is 16.4 Å². The minimum Gasteiger partial charge on any atom is -0.399 e. The SMILES string of the molecule is Cc1cnn(-c2csc(B3OC(C)(C)C(C)(C)O3)c2)c1. The van der Waals surface area contributed by atoms with Crippen molar-refractivity contribution in [3.63, 3.8) is 0 Å². The van der Waals surface area contributed by atoms with Crippen molar-refractivity contribution in [1.82, 2.24) is 9.78 Å². The molecule has 4 nitrogen and oxygen atoms in total. The number of aromatic nitrogens is 2. The van der Waals surface area contributed by atoms with Crippen LogP contribution in [0.4, 0.5) is 0 Å². The molecule has 0 radical (unpaired) electrons. The van der Waals surface area contributed by atoms with Gasteiger partial charge in [0, 0.05) is 16.4 Å². The normalized spacial score (nSPS) is 20.6. The Hall–Kier alpha value is -1.11. The first-order chi connectivity index (χ1) is 9.28. The lowest BCUT2D eigenvalue weighted by Crippen LogP contribution is -2.41. The summed E-state index contributed by atoms with van der Waals surface area (Å²) in [6.45, 7) is 10.3. The van der Waals surface area contributed by atoms with E-state index in [2.05, 4.69) is 44.2 Å². The summed E-state index contributed by atoms with van der Waals surface area (Å²) in [4.78, 5) is 0.